The quantitative estimate of drug-likeness (QED) is 0.697. The van der Waals surface area contributed by atoms with Crippen molar-refractivity contribution in [2.24, 2.45) is 0 Å². The summed E-state index contributed by atoms with van der Waals surface area (Å²) < 4.78 is 1.86. The average Bonchev–Trinajstić information content (AvgIpc) is 2.58. The lowest BCUT2D eigenvalue weighted by Gasteiger charge is -2.03. The number of carbonyl (C=O) groups excluding carboxylic acids is 1. The number of rotatable bonds is 2. The van der Waals surface area contributed by atoms with Crippen LogP contribution in [0.15, 0.2) is 30.3 Å². The fourth-order valence-corrected chi connectivity index (χ4v) is 1.58. The van der Waals surface area contributed by atoms with Crippen molar-refractivity contribution in [3.05, 3.63) is 47.3 Å². The number of aldehydes is 1. The van der Waals surface area contributed by atoms with Gasteiger partial charge in [-0.2, -0.15) is 5.10 Å². The van der Waals surface area contributed by atoms with Crippen LogP contribution in [0.1, 0.15) is 21.7 Å². The van der Waals surface area contributed by atoms with E-state index in [1.54, 1.807) is 12.1 Å². The molecule has 0 N–H and O–H groups in total. The molecule has 0 atom stereocenters. The summed E-state index contributed by atoms with van der Waals surface area (Å²) in [6.07, 6.45) is 0.838. The van der Waals surface area contributed by atoms with Crippen LogP contribution in [0.2, 0.25) is 0 Å². The molecule has 0 fully saturated rings. The van der Waals surface area contributed by atoms with Crippen molar-refractivity contribution in [2.75, 3.05) is 0 Å². The van der Waals surface area contributed by atoms with Gasteiger partial charge >= 0.3 is 0 Å². The monoisotopic (exact) mass is 200 g/mol. The van der Waals surface area contributed by atoms with Crippen molar-refractivity contribution >= 4 is 6.29 Å². The van der Waals surface area contributed by atoms with E-state index < -0.39 is 0 Å². The second-order valence-electron chi connectivity index (χ2n) is 3.55. The first-order chi connectivity index (χ1) is 7.20. The summed E-state index contributed by atoms with van der Waals surface area (Å²) in [6, 6.07) is 9.39. The highest BCUT2D eigenvalue weighted by atomic mass is 16.1. The molecule has 0 unspecified atom stereocenters. The molecule has 0 aliphatic carbocycles. The lowest BCUT2D eigenvalue weighted by molar-refractivity contribution is 0.112. The lowest BCUT2D eigenvalue weighted by atomic mass is 10.2. The molecule has 0 bridgehead atoms. The van der Waals surface area contributed by atoms with Crippen molar-refractivity contribution in [1.29, 1.82) is 0 Å². The maximum Gasteiger partial charge on any atom is 0.150 e. The molecular weight excluding hydrogens is 188 g/mol. The third-order valence-corrected chi connectivity index (χ3v) is 2.28. The van der Waals surface area contributed by atoms with E-state index in [4.69, 9.17) is 0 Å². The van der Waals surface area contributed by atoms with Gasteiger partial charge in [0.05, 0.1) is 11.4 Å². The molecule has 1 heterocycles. The molecular formula is C12H12N2O. The Morgan fingerprint density at radius 3 is 2.33 bits per heavy atom. The SMILES string of the molecule is Cc1cc(C)n(-c2ccc(C=O)cc2)n1. The van der Waals surface area contributed by atoms with Crippen LogP contribution < -0.4 is 0 Å². The average molecular weight is 200 g/mol. The first kappa shape index (κ1) is 9.65. The Balaban J connectivity index is 2.45. The predicted molar refractivity (Wildman–Crippen MR) is 58.4 cm³/mol. The number of hydrogen-bond acceptors (Lipinski definition) is 2. The van der Waals surface area contributed by atoms with Gasteiger partial charge in [0.1, 0.15) is 6.29 Å². The maximum absolute atomic E-state index is 10.5. The lowest BCUT2D eigenvalue weighted by Crippen LogP contribution is -1.98. The van der Waals surface area contributed by atoms with E-state index in [2.05, 4.69) is 5.10 Å². The first-order valence-corrected chi connectivity index (χ1v) is 4.79. The van der Waals surface area contributed by atoms with Gasteiger partial charge in [-0.1, -0.05) is 0 Å². The fourth-order valence-electron chi connectivity index (χ4n) is 1.58. The van der Waals surface area contributed by atoms with E-state index >= 15 is 0 Å². The van der Waals surface area contributed by atoms with E-state index in [1.165, 1.54) is 0 Å². The Morgan fingerprint density at radius 2 is 1.87 bits per heavy atom. The molecule has 0 amide bonds. The van der Waals surface area contributed by atoms with Crippen LogP contribution in [-0.2, 0) is 0 Å². The highest BCUT2D eigenvalue weighted by molar-refractivity contribution is 5.75. The summed E-state index contributed by atoms with van der Waals surface area (Å²) in [5, 5.41) is 4.36. The summed E-state index contributed by atoms with van der Waals surface area (Å²) in [4.78, 5) is 10.5. The summed E-state index contributed by atoms with van der Waals surface area (Å²) in [5.74, 6) is 0. The van der Waals surface area contributed by atoms with Crippen molar-refractivity contribution in [2.45, 2.75) is 13.8 Å². The predicted octanol–water partition coefficient (Wildman–Crippen LogP) is 2.30. The number of carbonyl (C=O) groups is 1. The van der Waals surface area contributed by atoms with Crippen LogP contribution in [0.5, 0.6) is 0 Å². The third kappa shape index (κ3) is 1.81. The zero-order valence-electron chi connectivity index (χ0n) is 8.77. The minimum atomic E-state index is 0.681. The van der Waals surface area contributed by atoms with Gasteiger partial charge < -0.3 is 0 Å². The van der Waals surface area contributed by atoms with Crippen molar-refractivity contribution in [3.63, 3.8) is 0 Å². The van der Waals surface area contributed by atoms with Crippen molar-refractivity contribution in [1.82, 2.24) is 9.78 Å². The molecule has 0 saturated heterocycles. The molecule has 3 heteroatoms. The minimum absolute atomic E-state index is 0.681. The molecule has 1 aromatic carbocycles. The highest BCUT2D eigenvalue weighted by Gasteiger charge is 2.02. The largest absolute Gasteiger partial charge is 0.298 e. The van der Waals surface area contributed by atoms with E-state index in [0.717, 1.165) is 23.4 Å². The van der Waals surface area contributed by atoms with E-state index in [-0.39, 0.29) is 0 Å². The number of nitrogens with zero attached hydrogens (tertiary/aromatic N) is 2. The molecule has 76 valence electrons. The number of benzene rings is 1. The van der Waals surface area contributed by atoms with Gasteiger partial charge in [0.15, 0.2) is 0 Å². The van der Waals surface area contributed by atoms with Gasteiger partial charge in [-0.05, 0) is 44.2 Å². The van der Waals surface area contributed by atoms with E-state index in [9.17, 15) is 4.79 Å². The normalized spacial score (nSPS) is 10.3. The molecule has 2 aromatic rings. The smallest absolute Gasteiger partial charge is 0.150 e. The number of aryl methyl sites for hydroxylation is 2. The molecule has 0 radical (unpaired) electrons. The summed E-state index contributed by atoms with van der Waals surface area (Å²) >= 11 is 0. The number of aromatic nitrogens is 2. The zero-order chi connectivity index (χ0) is 10.8. The van der Waals surface area contributed by atoms with Gasteiger partial charge in [-0.15, -0.1) is 0 Å². The van der Waals surface area contributed by atoms with Crippen LogP contribution in [0, 0.1) is 13.8 Å². The Bertz CT molecular complexity index is 483. The van der Waals surface area contributed by atoms with Crippen LogP contribution in [0.25, 0.3) is 5.69 Å². The van der Waals surface area contributed by atoms with Gasteiger partial charge in [-0.25, -0.2) is 4.68 Å². The topological polar surface area (TPSA) is 34.9 Å². The Hall–Kier alpha value is -1.90. The summed E-state index contributed by atoms with van der Waals surface area (Å²) in [7, 11) is 0. The Labute approximate surface area is 88.4 Å². The minimum Gasteiger partial charge on any atom is -0.298 e. The van der Waals surface area contributed by atoms with Crippen LogP contribution in [0.4, 0.5) is 0 Å². The van der Waals surface area contributed by atoms with Crippen molar-refractivity contribution in [3.8, 4) is 5.69 Å². The molecule has 0 aliphatic heterocycles. The van der Waals surface area contributed by atoms with Crippen LogP contribution in [0.3, 0.4) is 0 Å². The maximum atomic E-state index is 10.5. The van der Waals surface area contributed by atoms with Crippen LogP contribution >= 0.6 is 0 Å². The Kier molecular flexibility index (Phi) is 2.37. The second kappa shape index (κ2) is 3.69. The van der Waals surface area contributed by atoms with Gasteiger partial charge in [0.25, 0.3) is 0 Å². The Morgan fingerprint density at radius 1 is 1.20 bits per heavy atom. The molecule has 0 aliphatic rings. The van der Waals surface area contributed by atoms with E-state index in [1.807, 2.05) is 36.7 Å². The molecule has 0 saturated carbocycles. The molecule has 0 spiro atoms. The standard InChI is InChI=1S/C12H12N2O/c1-9-7-10(2)14(13-9)12-5-3-11(8-15)4-6-12/h3-8H,1-2H3. The molecule has 1 aromatic heterocycles. The number of hydrogen-bond donors (Lipinski definition) is 0. The summed E-state index contributed by atoms with van der Waals surface area (Å²) in [5.41, 5.74) is 3.74. The first-order valence-electron chi connectivity index (χ1n) is 4.79. The fraction of sp³-hybridized carbons (Fsp3) is 0.167. The molecule has 3 nitrogen and oxygen atoms in total. The van der Waals surface area contributed by atoms with Crippen LogP contribution in [-0.4, -0.2) is 16.1 Å². The zero-order valence-corrected chi connectivity index (χ0v) is 8.77. The highest BCUT2D eigenvalue weighted by Crippen LogP contribution is 2.12. The van der Waals surface area contributed by atoms with Crippen molar-refractivity contribution < 1.29 is 4.79 Å². The van der Waals surface area contributed by atoms with E-state index in [0.29, 0.717) is 5.56 Å². The third-order valence-electron chi connectivity index (χ3n) is 2.28. The van der Waals surface area contributed by atoms with Gasteiger partial charge in [0, 0.05) is 11.3 Å². The molecule has 15 heavy (non-hydrogen) atoms. The summed E-state index contributed by atoms with van der Waals surface area (Å²) in [6.45, 7) is 3.97. The van der Waals surface area contributed by atoms with Gasteiger partial charge in [-0.3, -0.25) is 4.79 Å². The second-order valence-corrected chi connectivity index (χ2v) is 3.55. The molecule has 2 rings (SSSR count). The van der Waals surface area contributed by atoms with Gasteiger partial charge in [0.2, 0.25) is 0 Å².